The number of nitrogens with one attached hydrogen (secondary N) is 1. The van der Waals surface area contributed by atoms with E-state index >= 15 is 0 Å². The maximum Gasteiger partial charge on any atom is 0.0381 e. The van der Waals surface area contributed by atoms with E-state index < -0.39 is 0 Å². The Morgan fingerprint density at radius 3 is 2.61 bits per heavy atom. The van der Waals surface area contributed by atoms with Crippen LogP contribution in [0.2, 0.25) is 0 Å². The van der Waals surface area contributed by atoms with E-state index in [0.29, 0.717) is 6.04 Å². The minimum atomic E-state index is 0.638. The van der Waals surface area contributed by atoms with Crippen molar-refractivity contribution in [3.05, 3.63) is 24.3 Å². The highest BCUT2D eigenvalue weighted by molar-refractivity contribution is 5.57. The van der Waals surface area contributed by atoms with Gasteiger partial charge >= 0.3 is 0 Å². The van der Waals surface area contributed by atoms with Gasteiger partial charge in [0.1, 0.15) is 0 Å². The lowest BCUT2D eigenvalue weighted by molar-refractivity contribution is 0.276. The van der Waals surface area contributed by atoms with Crippen LogP contribution in [0.15, 0.2) is 24.3 Å². The smallest absolute Gasteiger partial charge is 0.0381 e. The van der Waals surface area contributed by atoms with Gasteiger partial charge in [0.15, 0.2) is 0 Å². The van der Waals surface area contributed by atoms with Gasteiger partial charge in [0.25, 0.3) is 0 Å². The first-order valence-electron chi connectivity index (χ1n) is 7.10. The molecule has 0 aromatic heterocycles. The van der Waals surface area contributed by atoms with Crippen LogP contribution in [-0.2, 0) is 0 Å². The van der Waals surface area contributed by atoms with Crippen molar-refractivity contribution in [3.8, 4) is 0 Å². The lowest BCUT2D eigenvalue weighted by Crippen LogP contribution is -2.33. The summed E-state index contributed by atoms with van der Waals surface area (Å²) in [6.45, 7) is 4.75. The highest BCUT2D eigenvalue weighted by Crippen LogP contribution is 2.31. The SMILES string of the molecule is CC1CCC(Nc2cccc(N(C)C)c2)C(C)C1. The predicted octanol–water partition coefficient (Wildman–Crippen LogP) is 3.99. The summed E-state index contributed by atoms with van der Waals surface area (Å²) >= 11 is 0. The minimum Gasteiger partial charge on any atom is -0.382 e. The molecule has 3 unspecified atom stereocenters. The summed E-state index contributed by atoms with van der Waals surface area (Å²) in [5.74, 6) is 1.67. The molecule has 1 aliphatic rings. The van der Waals surface area contributed by atoms with Crippen molar-refractivity contribution in [2.45, 2.75) is 39.2 Å². The number of hydrogen-bond donors (Lipinski definition) is 1. The quantitative estimate of drug-likeness (QED) is 0.867. The van der Waals surface area contributed by atoms with Crippen molar-refractivity contribution in [2.75, 3.05) is 24.3 Å². The standard InChI is InChI=1S/C16H26N2/c1-12-8-9-16(13(2)10-12)17-14-6-5-7-15(11-14)18(3)4/h5-7,11-13,16-17H,8-10H2,1-4H3. The fraction of sp³-hybridized carbons (Fsp3) is 0.625. The Labute approximate surface area is 111 Å². The van der Waals surface area contributed by atoms with Gasteiger partial charge in [-0.05, 0) is 49.3 Å². The molecular formula is C16H26N2. The van der Waals surface area contributed by atoms with Crippen molar-refractivity contribution >= 4 is 11.4 Å². The molecule has 0 bridgehead atoms. The molecule has 100 valence electrons. The van der Waals surface area contributed by atoms with E-state index in [1.54, 1.807) is 0 Å². The average Bonchev–Trinajstić information content (AvgIpc) is 2.33. The van der Waals surface area contributed by atoms with Crippen molar-refractivity contribution in [2.24, 2.45) is 11.8 Å². The maximum absolute atomic E-state index is 3.72. The molecule has 0 radical (unpaired) electrons. The Morgan fingerprint density at radius 2 is 1.94 bits per heavy atom. The molecule has 0 heterocycles. The van der Waals surface area contributed by atoms with Crippen LogP contribution in [0.3, 0.4) is 0 Å². The van der Waals surface area contributed by atoms with Crippen LogP contribution < -0.4 is 10.2 Å². The first kappa shape index (κ1) is 13.3. The molecule has 1 aromatic carbocycles. The van der Waals surface area contributed by atoms with E-state index in [1.807, 2.05) is 0 Å². The molecule has 0 saturated heterocycles. The summed E-state index contributed by atoms with van der Waals surface area (Å²) in [5.41, 5.74) is 2.52. The number of hydrogen-bond acceptors (Lipinski definition) is 2. The van der Waals surface area contributed by atoms with Crippen LogP contribution in [0.25, 0.3) is 0 Å². The lowest BCUT2D eigenvalue weighted by atomic mass is 9.80. The first-order chi connectivity index (χ1) is 8.56. The molecule has 0 amide bonds. The van der Waals surface area contributed by atoms with Crippen LogP contribution in [-0.4, -0.2) is 20.1 Å². The second kappa shape index (κ2) is 5.64. The van der Waals surface area contributed by atoms with E-state index in [1.165, 1.54) is 30.6 Å². The van der Waals surface area contributed by atoms with Crippen LogP contribution in [0.5, 0.6) is 0 Å². The summed E-state index contributed by atoms with van der Waals surface area (Å²) < 4.78 is 0. The summed E-state index contributed by atoms with van der Waals surface area (Å²) in [5, 5.41) is 3.72. The van der Waals surface area contributed by atoms with E-state index in [9.17, 15) is 0 Å². The molecule has 1 saturated carbocycles. The largest absolute Gasteiger partial charge is 0.382 e. The van der Waals surface area contributed by atoms with Gasteiger partial charge in [-0.15, -0.1) is 0 Å². The number of benzene rings is 1. The molecule has 1 aromatic rings. The summed E-state index contributed by atoms with van der Waals surface area (Å²) in [6, 6.07) is 9.34. The molecule has 2 rings (SSSR count). The Bertz CT molecular complexity index is 386. The van der Waals surface area contributed by atoms with Gasteiger partial charge in [-0.2, -0.15) is 0 Å². The Morgan fingerprint density at radius 1 is 1.17 bits per heavy atom. The third kappa shape index (κ3) is 3.18. The zero-order valence-corrected chi connectivity index (χ0v) is 12.1. The van der Waals surface area contributed by atoms with Crippen LogP contribution in [0, 0.1) is 11.8 Å². The van der Waals surface area contributed by atoms with Gasteiger partial charge in [0.2, 0.25) is 0 Å². The van der Waals surface area contributed by atoms with E-state index in [2.05, 4.69) is 62.4 Å². The molecule has 1 fully saturated rings. The zero-order chi connectivity index (χ0) is 13.1. The Kier molecular flexibility index (Phi) is 4.15. The van der Waals surface area contributed by atoms with Crippen LogP contribution in [0.4, 0.5) is 11.4 Å². The van der Waals surface area contributed by atoms with Gasteiger partial charge in [0.05, 0.1) is 0 Å². The third-order valence-electron chi connectivity index (χ3n) is 4.15. The average molecular weight is 246 g/mol. The van der Waals surface area contributed by atoms with E-state index in [4.69, 9.17) is 0 Å². The van der Waals surface area contributed by atoms with Gasteiger partial charge in [-0.3, -0.25) is 0 Å². The number of nitrogens with zero attached hydrogens (tertiary/aromatic N) is 1. The highest BCUT2D eigenvalue weighted by atomic mass is 15.1. The van der Waals surface area contributed by atoms with Crippen molar-refractivity contribution in [3.63, 3.8) is 0 Å². The van der Waals surface area contributed by atoms with Crippen molar-refractivity contribution in [1.82, 2.24) is 0 Å². The highest BCUT2D eigenvalue weighted by Gasteiger charge is 2.24. The maximum atomic E-state index is 3.72. The molecular weight excluding hydrogens is 220 g/mol. The number of rotatable bonds is 3. The molecule has 0 aliphatic heterocycles. The number of anilines is 2. The minimum absolute atomic E-state index is 0.638. The molecule has 18 heavy (non-hydrogen) atoms. The summed E-state index contributed by atoms with van der Waals surface area (Å²) in [7, 11) is 4.17. The van der Waals surface area contributed by atoms with Gasteiger partial charge < -0.3 is 10.2 Å². The van der Waals surface area contributed by atoms with Crippen molar-refractivity contribution < 1.29 is 0 Å². The predicted molar refractivity (Wildman–Crippen MR) is 80.4 cm³/mol. The molecule has 2 heteroatoms. The summed E-state index contributed by atoms with van der Waals surface area (Å²) in [4.78, 5) is 2.15. The fourth-order valence-electron chi connectivity index (χ4n) is 2.97. The van der Waals surface area contributed by atoms with E-state index in [-0.39, 0.29) is 0 Å². The normalized spacial score (nSPS) is 27.9. The molecule has 0 spiro atoms. The molecule has 3 atom stereocenters. The van der Waals surface area contributed by atoms with Crippen molar-refractivity contribution in [1.29, 1.82) is 0 Å². The molecule has 1 aliphatic carbocycles. The van der Waals surface area contributed by atoms with Crippen LogP contribution >= 0.6 is 0 Å². The Balaban J connectivity index is 2.02. The zero-order valence-electron chi connectivity index (χ0n) is 12.1. The third-order valence-corrected chi connectivity index (χ3v) is 4.15. The van der Waals surface area contributed by atoms with Crippen LogP contribution in [0.1, 0.15) is 33.1 Å². The fourth-order valence-corrected chi connectivity index (χ4v) is 2.97. The molecule has 2 nitrogen and oxygen atoms in total. The first-order valence-corrected chi connectivity index (χ1v) is 7.10. The van der Waals surface area contributed by atoms with Gasteiger partial charge in [-0.25, -0.2) is 0 Å². The second-order valence-electron chi connectivity index (χ2n) is 6.09. The molecule has 1 N–H and O–H groups in total. The lowest BCUT2D eigenvalue weighted by Gasteiger charge is -2.34. The van der Waals surface area contributed by atoms with Gasteiger partial charge in [-0.1, -0.05) is 19.9 Å². The van der Waals surface area contributed by atoms with Gasteiger partial charge in [0, 0.05) is 31.5 Å². The second-order valence-corrected chi connectivity index (χ2v) is 6.09. The Hall–Kier alpha value is -1.18. The topological polar surface area (TPSA) is 15.3 Å². The summed E-state index contributed by atoms with van der Waals surface area (Å²) in [6.07, 6.45) is 4.01. The monoisotopic (exact) mass is 246 g/mol. The van der Waals surface area contributed by atoms with E-state index in [0.717, 1.165) is 11.8 Å².